The van der Waals surface area contributed by atoms with Gasteiger partial charge in [-0.1, -0.05) is 36.4 Å². The molecule has 3 aromatic carbocycles. The summed E-state index contributed by atoms with van der Waals surface area (Å²) in [7, 11) is 4.82. The number of rotatable bonds is 18. The highest BCUT2D eigenvalue weighted by molar-refractivity contribution is 5.83. The Morgan fingerprint density at radius 2 is 1.13 bits per heavy atom. The summed E-state index contributed by atoms with van der Waals surface area (Å²) in [6, 6.07) is 18.4. The highest BCUT2D eigenvalue weighted by atomic mass is 19.1. The molecular formula is C33H37FN2O11. The first-order valence-corrected chi connectivity index (χ1v) is 14.3. The smallest absolute Gasteiger partial charge is 0.325 e. The standard InChI is InChI=1S/C33H37FN2O11/c1-41-29(37)18-35(19-30(38)42-2)26-12-8-11-25(34)33(26)46-16-15-45-28-14-13-24(47-22-23-9-6-5-7-10-23)17-27(28)36(20-31(39)43-3)21-32(40)44-4/h5-14,17H,15-16,18-22H2,1-4H3. The molecular weight excluding hydrogens is 619 g/mol. The zero-order valence-electron chi connectivity index (χ0n) is 26.6. The van der Waals surface area contributed by atoms with Crippen molar-refractivity contribution in [2.24, 2.45) is 0 Å². The lowest BCUT2D eigenvalue weighted by Crippen LogP contribution is -2.36. The quantitative estimate of drug-likeness (QED) is 0.113. The molecule has 252 valence electrons. The highest BCUT2D eigenvalue weighted by Gasteiger charge is 2.23. The Labute approximate surface area is 271 Å². The molecule has 0 spiro atoms. The van der Waals surface area contributed by atoms with Crippen molar-refractivity contribution in [1.82, 2.24) is 0 Å². The molecule has 0 atom stereocenters. The summed E-state index contributed by atoms with van der Waals surface area (Å²) < 4.78 is 51.7. The number of methoxy groups -OCH3 is 4. The molecule has 0 aromatic heterocycles. The maximum atomic E-state index is 15.0. The van der Waals surface area contributed by atoms with Crippen molar-refractivity contribution >= 4 is 35.3 Å². The molecule has 13 nitrogen and oxygen atoms in total. The molecule has 0 unspecified atom stereocenters. The molecule has 3 aromatic rings. The number of halogens is 1. The van der Waals surface area contributed by atoms with E-state index >= 15 is 0 Å². The zero-order chi connectivity index (χ0) is 34.2. The van der Waals surface area contributed by atoms with E-state index in [-0.39, 0.29) is 63.2 Å². The SMILES string of the molecule is COC(=O)CN(CC(=O)OC)c1cc(OCc2ccccc2)ccc1OCCOc1c(F)cccc1N(CC(=O)OC)CC(=O)OC. The van der Waals surface area contributed by atoms with Crippen molar-refractivity contribution in [2.45, 2.75) is 6.61 Å². The molecule has 14 heteroatoms. The molecule has 0 fully saturated rings. The summed E-state index contributed by atoms with van der Waals surface area (Å²) >= 11 is 0. The number of anilines is 2. The topological polar surface area (TPSA) is 139 Å². The molecule has 47 heavy (non-hydrogen) atoms. The van der Waals surface area contributed by atoms with Crippen LogP contribution in [-0.4, -0.2) is 91.7 Å². The first kappa shape index (κ1) is 35.9. The Bertz CT molecular complexity index is 1470. The highest BCUT2D eigenvalue weighted by Crippen LogP contribution is 2.34. The second-order valence-electron chi connectivity index (χ2n) is 9.71. The Morgan fingerprint density at radius 3 is 1.68 bits per heavy atom. The van der Waals surface area contributed by atoms with Crippen molar-refractivity contribution in [2.75, 3.05) is 77.6 Å². The molecule has 0 amide bonds. The largest absolute Gasteiger partial charge is 0.489 e. The number of ether oxygens (including phenoxy) is 7. The average molecular weight is 657 g/mol. The second kappa shape index (κ2) is 18.4. The molecule has 0 saturated heterocycles. The predicted octanol–water partition coefficient (Wildman–Crippen LogP) is 3.17. The van der Waals surface area contributed by atoms with Gasteiger partial charge in [-0.25, -0.2) is 4.39 Å². The maximum absolute atomic E-state index is 15.0. The molecule has 0 heterocycles. The van der Waals surface area contributed by atoms with Gasteiger partial charge in [-0.15, -0.1) is 0 Å². The third-order valence-corrected chi connectivity index (χ3v) is 6.58. The first-order chi connectivity index (χ1) is 22.7. The van der Waals surface area contributed by atoms with Crippen molar-refractivity contribution in [1.29, 1.82) is 0 Å². The summed E-state index contributed by atoms with van der Waals surface area (Å²) in [6.07, 6.45) is 0. The van der Waals surface area contributed by atoms with Crippen LogP contribution in [0.15, 0.2) is 66.7 Å². The lowest BCUT2D eigenvalue weighted by Gasteiger charge is -2.26. The molecule has 0 aliphatic rings. The van der Waals surface area contributed by atoms with E-state index in [1.807, 2.05) is 30.3 Å². The zero-order valence-corrected chi connectivity index (χ0v) is 26.6. The van der Waals surface area contributed by atoms with Gasteiger partial charge in [-0.05, 0) is 29.8 Å². The second-order valence-corrected chi connectivity index (χ2v) is 9.71. The van der Waals surface area contributed by atoms with Crippen LogP contribution in [0.2, 0.25) is 0 Å². The van der Waals surface area contributed by atoms with E-state index in [0.717, 1.165) is 11.6 Å². The third kappa shape index (κ3) is 11.1. The summed E-state index contributed by atoms with van der Waals surface area (Å²) in [4.78, 5) is 51.3. The lowest BCUT2D eigenvalue weighted by atomic mass is 10.2. The number of hydrogen-bond donors (Lipinski definition) is 0. The molecule has 3 rings (SSSR count). The maximum Gasteiger partial charge on any atom is 0.325 e. The molecule has 0 bridgehead atoms. The van der Waals surface area contributed by atoms with Gasteiger partial charge in [-0.3, -0.25) is 19.2 Å². The fraction of sp³-hybridized carbons (Fsp3) is 0.333. The number of hydrogen-bond acceptors (Lipinski definition) is 13. The van der Waals surface area contributed by atoms with Crippen molar-refractivity contribution in [3.63, 3.8) is 0 Å². The minimum Gasteiger partial charge on any atom is -0.489 e. The van der Waals surface area contributed by atoms with Crippen LogP contribution in [0.25, 0.3) is 0 Å². The van der Waals surface area contributed by atoms with E-state index < -0.39 is 29.7 Å². The number of nitrogens with zero attached hydrogens (tertiary/aromatic N) is 2. The van der Waals surface area contributed by atoms with Crippen LogP contribution in [0.4, 0.5) is 15.8 Å². The molecule has 0 aliphatic heterocycles. The molecule has 0 aliphatic carbocycles. The van der Waals surface area contributed by atoms with Gasteiger partial charge in [-0.2, -0.15) is 0 Å². The van der Waals surface area contributed by atoms with E-state index in [0.29, 0.717) is 11.4 Å². The van der Waals surface area contributed by atoms with Gasteiger partial charge < -0.3 is 43.0 Å². The summed E-state index contributed by atoms with van der Waals surface area (Å²) in [5.74, 6) is -2.86. The number of para-hydroxylation sites is 1. The van der Waals surface area contributed by atoms with E-state index in [1.165, 1.54) is 50.4 Å². The van der Waals surface area contributed by atoms with Crippen molar-refractivity contribution < 1.29 is 56.7 Å². The van der Waals surface area contributed by atoms with E-state index in [4.69, 9.17) is 33.2 Å². The first-order valence-electron chi connectivity index (χ1n) is 14.3. The summed E-state index contributed by atoms with van der Waals surface area (Å²) in [5.41, 5.74) is 1.36. The number of carbonyl (C=O) groups excluding carboxylic acids is 4. The molecule has 0 N–H and O–H groups in total. The number of benzene rings is 3. The van der Waals surface area contributed by atoms with Gasteiger partial charge in [0.1, 0.15) is 57.5 Å². The Balaban J connectivity index is 1.84. The van der Waals surface area contributed by atoms with Crippen LogP contribution < -0.4 is 24.0 Å². The third-order valence-electron chi connectivity index (χ3n) is 6.58. The van der Waals surface area contributed by atoms with Gasteiger partial charge in [0.15, 0.2) is 11.6 Å². The van der Waals surface area contributed by atoms with Crippen LogP contribution >= 0.6 is 0 Å². The van der Waals surface area contributed by atoms with Gasteiger partial charge in [0, 0.05) is 6.07 Å². The van der Waals surface area contributed by atoms with E-state index in [9.17, 15) is 23.6 Å². The summed E-state index contributed by atoms with van der Waals surface area (Å²) in [6.45, 7) is -1.41. The normalized spacial score (nSPS) is 10.3. The fourth-order valence-corrected chi connectivity index (χ4v) is 4.22. The van der Waals surface area contributed by atoms with Crippen molar-refractivity contribution in [3.8, 4) is 17.2 Å². The van der Waals surface area contributed by atoms with Gasteiger partial charge in [0.2, 0.25) is 0 Å². The van der Waals surface area contributed by atoms with Crippen LogP contribution in [0, 0.1) is 5.82 Å². The Hall–Kier alpha value is -5.53. The minimum atomic E-state index is -0.745. The number of carbonyl (C=O) groups is 4. The van der Waals surface area contributed by atoms with Crippen LogP contribution in [0.3, 0.4) is 0 Å². The molecule has 0 radical (unpaired) electrons. The summed E-state index contributed by atoms with van der Waals surface area (Å²) in [5, 5.41) is 0. The van der Waals surface area contributed by atoms with Gasteiger partial charge in [0.25, 0.3) is 0 Å². The predicted molar refractivity (Wildman–Crippen MR) is 167 cm³/mol. The Kier molecular flexibility index (Phi) is 14.1. The van der Waals surface area contributed by atoms with Crippen LogP contribution in [0.1, 0.15) is 5.56 Å². The van der Waals surface area contributed by atoms with Gasteiger partial charge in [0.05, 0.1) is 39.8 Å². The van der Waals surface area contributed by atoms with Crippen LogP contribution in [0.5, 0.6) is 17.2 Å². The fourth-order valence-electron chi connectivity index (χ4n) is 4.22. The Morgan fingerprint density at radius 1 is 0.596 bits per heavy atom. The van der Waals surface area contributed by atoms with Gasteiger partial charge >= 0.3 is 23.9 Å². The van der Waals surface area contributed by atoms with E-state index in [1.54, 1.807) is 18.2 Å². The average Bonchev–Trinajstić information content (AvgIpc) is 3.09. The lowest BCUT2D eigenvalue weighted by molar-refractivity contribution is -0.141. The number of esters is 4. The van der Waals surface area contributed by atoms with Crippen molar-refractivity contribution in [3.05, 3.63) is 78.1 Å². The minimum absolute atomic E-state index is 0.115. The molecule has 0 saturated carbocycles. The van der Waals surface area contributed by atoms with Crippen LogP contribution in [-0.2, 0) is 44.7 Å². The van der Waals surface area contributed by atoms with E-state index in [2.05, 4.69) is 0 Å². The monoisotopic (exact) mass is 656 g/mol.